The molecule has 1 unspecified atom stereocenters. The van der Waals surface area contributed by atoms with Gasteiger partial charge in [-0.15, -0.1) is 0 Å². The Kier molecular flexibility index (Phi) is 19.6. The summed E-state index contributed by atoms with van der Waals surface area (Å²) in [5, 5.41) is 10.9. The minimum atomic E-state index is -0.821. The number of benzene rings is 3. The number of rotatable bonds is 27. The van der Waals surface area contributed by atoms with Crippen molar-refractivity contribution in [1.82, 2.24) is 0 Å². The number of aliphatic hydroxyl groups excluding tert-OH is 1. The van der Waals surface area contributed by atoms with Gasteiger partial charge in [0.05, 0.1) is 13.2 Å². The molecular formula is C42H62O3. The molecule has 1 N–H and O–H groups in total. The lowest BCUT2D eigenvalue weighted by Gasteiger charge is -2.36. The average molecular weight is 615 g/mol. The molecule has 3 heteroatoms. The Labute approximate surface area is 275 Å². The van der Waals surface area contributed by atoms with Gasteiger partial charge in [-0.25, -0.2) is 0 Å². The van der Waals surface area contributed by atoms with Crippen LogP contribution in [0.2, 0.25) is 0 Å². The molecule has 0 heterocycles. The van der Waals surface area contributed by atoms with Gasteiger partial charge in [0.1, 0.15) is 11.7 Å². The van der Waals surface area contributed by atoms with Crippen LogP contribution in [0.4, 0.5) is 0 Å². The first-order valence-electron chi connectivity index (χ1n) is 18.3. The molecule has 0 fully saturated rings. The van der Waals surface area contributed by atoms with Crippen LogP contribution < -0.4 is 0 Å². The third-order valence-electron chi connectivity index (χ3n) is 8.99. The number of hydrogen-bond acceptors (Lipinski definition) is 3. The van der Waals surface area contributed by atoms with Crippen LogP contribution in [0.5, 0.6) is 0 Å². The molecular weight excluding hydrogens is 552 g/mol. The third-order valence-corrected chi connectivity index (χ3v) is 8.99. The van der Waals surface area contributed by atoms with Crippen LogP contribution in [0.15, 0.2) is 91.0 Å². The third kappa shape index (κ3) is 14.2. The van der Waals surface area contributed by atoms with E-state index in [4.69, 9.17) is 9.47 Å². The van der Waals surface area contributed by atoms with E-state index >= 15 is 0 Å². The van der Waals surface area contributed by atoms with Crippen LogP contribution in [-0.2, 0) is 15.1 Å². The average Bonchev–Trinajstić information content (AvgIpc) is 3.09. The number of aliphatic hydroxyl groups is 1. The Morgan fingerprint density at radius 3 is 1.16 bits per heavy atom. The molecule has 3 nitrogen and oxygen atoms in total. The summed E-state index contributed by atoms with van der Waals surface area (Å²) >= 11 is 0. The van der Waals surface area contributed by atoms with Gasteiger partial charge in [-0.2, -0.15) is 0 Å². The minimum absolute atomic E-state index is 0.178. The van der Waals surface area contributed by atoms with Crippen molar-refractivity contribution < 1.29 is 14.6 Å². The van der Waals surface area contributed by atoms with Crippen LogP contribution in [0.3, 0.4) is 0 Å². The molecule has 0 saturated heterocycles. The fourth-order valence-electron chi connectivity index (χ4n) is 6.36. The van der Waals surface area contributed by atoms with Crippen LogP contribution in [0, 0.1) is 0 Å². The number of hydrogen-bond donors (Lipinski definition) is 1. The zero-order valence-corrected chi connectivity index (χ0v) is 28.4. The Morgan fingerprint density at radius 1 is 0.467 bits per heavy atom. The van der Waals surface area contributed by atoms with Crippen molar-refractivity contribution >= 4 is 0 Å². The van der Waals surface area contributed by atoms with Gasteiger partial charge >= 0.3 is 0 Å². The highest BCUT2D eigenvalue weighted by molar-refractivity contribution is 5.47. The maximum Gasteiger partial charge on any atom is 0.143 e. The molecule has 0 bridgehead atoms. The van der Waals surface area contributed by atoms with E-state index in [9.17, 15) is 5.11 Å². The molecule has 0 aliphatic heterocycles. The van der Waals surface area contributed by atoms with Crippen molar-refractivity contribution in [2.75, 3.05) is 19.8 Å². The van der Waals surface area contributed by atoms with E-state index in [1.54, 1.807) is 0 Å². The molecule has 45 heavy (non-hydrogen) atoms. The fourth-order valence-corrected chi connectivity index (χ4v) is 6.36. The predicted octanol–water partition coefficient (Wildman–Crippen LogP) is 11.4. The molecule has 0 aliphatic rings. The predicted molar refractivity (Wildman–Crippen MR) is 191 cm³/mol. The zero-order chi connectivity index (χ0) is 31.7. The first kappa shape index (κ1) is 37.0. The topological polar surface area (TPSA) is 38.7 Å². The summed E-state index contributed by atoms with van der Waals surface area (Å²) in [4.78, 5) is 0. The second-order valence-electron chi connectivity index (χ2n) is 12.8. The van der Waals surface area contributed by atoms with Gasteiger partial charge in [0.25, 0.3) is 0 Å². The summed E-state index contributed by atoms with van der Waals surface area (Å²) in [6.45, 7) is 3.45. The summed E-state index contributed by atoms with van der Waals surface area (Å²) in [5.41, 5.74) is 2.29. The van der Waals surface area contributed by atoms with E-state index in [1.165, 1.54) is 109 Å². The lowest BCUT2D eigenvalue weighted by atomic mass is 9.80. The fraction of sp³-hybridized carbons (Fsp3) is 0.571. The minimum Gasteiger partial charge on any atom is -0.388 e. The lowest BCUT2D eigenvalue weighted by Crippen LogP contribution is -2.36. The summed E-state index contributed by atoms with van der Waals surface area (Å²) in [7, 11) is 0. The molecule has 0 aromatic heterocycles. The molecule has 0 aliphatic carbocycles. The summed E-state index contributed by atoms with van der Waals surface area (Å²) in [5.74, 6) is 0. The van der Waals surface area contributed by atoms with Gasteiger partial charge in [0.2, 0.25) is 0 Å². The van der Waals surface area contributed by atoms with Crippen molar-refractivity contribution in [2.45, 2.75) is 134 Å². The van der Waals surface area contributed by atoms with Crippen LogP contribution in [0.25, 0.3) is 0 Å². The van der Waals surface area contributed by atoms with E-state index in [0.29, 0.717) is 6.61 Å². The number of unbranched alkanes of at least 4 members (excludes halogenated alkanes) is 17. The van der Waals surface area contributed by atoms with E-state index in [2.05, 4.69) is 43.3 Å². The smallest absolute Gasteiger partial charge is 0.143 e. The first-order chi connectivity index (χ1) is 22.3. The Hall–Kier alpha value is -2.46. The molecule has 0 radical (unpaired) electrons. The van der Waals surface area contributed by atoms with E-state index in [0.717, 1.165) is 23.1 Å². The molecule has 3 aromatic rings. The van der Waals surface area contributed by atoms with Crippen molar-refractivity contribution in [3.05, 3.63) is 108 Å². The Morgan fingerprint density at radius 2 is 0.800 bits per heavy atom. The second-order valence-corrected chi connectivity index (χ2v) is 12.8. The van der Waals surface area contributed by atoms with Gasteiger partial charge < -0.3 is 14.6 Å². The maximum atomic E-state index is 10.9. The van der Waals surface area contributed by atoms with Crippen molar-refractivity contribution in [3.8, 4) is 0 Å². The van der Waals surface area contributed by atoms with Crippen molar-refractivity contribution in [3.63, 3.8) is 0 Å². The zero-order valence-electron chi connectivity index (χ0n) is 28.4. The quantitative estimate of drug-likeness (QED) is 0.0686. The van der Waals surface area contributed by atoms with Crippen molar-refractivity contribution in [1.29, 1.82) is 0 Å². The monoisotopic (exact) mass is 614 g/mol. The van der Waals surface area contributed by atoms with Gasteiger partial charge in [0, 0.05) is 6.61 Å². The summed E-state index contributed by atoms with van der Waals surface area (Å²) < 4.78 is 12.6. The highest BCUT2D eigenvalue weighted by atomic mass is 16.5. The number of ether oxygens (including phenoxy) is 2. The molecule has 0 amide bonds. The SMILES string of the molecule is CCCCCCCCCCCCCCCCCCCCOCC(O)COC(c1ccccc1)(c1ccccc1)c1ccccc1. The van der Waals surface area contributed by atoms with E-state index < -0.39 is 11.7 Å². The molecule has 0 saturated carbocycles. The van der Waals surface area contributed by atoms with Crippen LogP contribution >= 0.6 is 0 Å². The van der Waals surface area contributed by atoms with Gasteiger partial charge in [-0.05, 0) is 23.1 Å². The molecule has 248 valence electrons. The molecule has 0 spiro atoms. The van der Waals surface area contributed by atoms with Crippen LogP contribution in [0.1, 0.15) is 139 Å². The largest absolute Gasteiger partial charge is 0.388 e. The standard InChI is InChI=1S/C42H62O3/c1-2-3-4-5-6-7-8-9-10-11-12-13-14-15-16-17-18-28-35-44-36-41(43)37-45-42(38-29-22-19-23-30-38,39-31-24-20-25-32-39)40-33-26-21-27-34-40/h19-27,29-34,41,43H,2-18,28,35-37H2,1H3. The maximum absolute atomic E-state index is 10.9. The molecule has 3 aromatic carbocycles. The van der Waals surface area contributed by atoms with Gasteiger partial charge in [-0.1, -0.05) is 207 Å². The summed E-state index contributed by atoms with van der Waals surface area (Å²) in [6.07, 6.45) is 24.0. The molecule has 1 atom stereocenters. The van der Waals surface area contributed by atoms with Gasteiger partial charge in [-0.3, -0.25) is 0 Å². The molecule has 3 rings (SSSR count). The van der Waals surface area contributed by atoms with Crippen LogP contribution in [-0.4, -0.2) is 31.0 Å². The summed E-state index contributed by atoms with van der Waals surface area (Å²) in [6, 6.07) is 30.9. The highest BCUT2D eigenvalue weighted by Crippen LogP contribution is 2.40. The Bertz CT molecular complexity index is 972. The first-order valence-corrected chi connectivity index (χ1v) is 18.3. The van der Waals surface area contributed by atoms with E-state index in [1.807, 2.05) is 54.6 Å². The highest BCUT2D eigenvalue weighted by Gasteiger charge is 2.38. The lowest BCUT2D eigenvalue weighted by molar-refractivity contribution is -0.0641. The van der Waals surface area contributed by atoms with E-state index in [-0.39, 0.29) is 13.2 Å². The van der Waals surface area contributed by atoms with Crippen molar-refractivity contribution in [2.24, 2.45) is 0 Å². The normalized spacial score (nSPS) is 12.4. The Balaban J connectivity index is 1.25. The second kappa shape index (κ2) is 23.8. The van der Waals surface area contributed by atoms with Gasteiger partial charge in [0.15, 0.2) is 0 Å².